The molecule has 1 aliphatic rings. The van der Waals surface area contributed by atoms with E-state index < -0.39 is 0 Å². The molecule has 9 heteroatoms. The van der Waals surface area contributed by atoms with Crippen LogP contribution in [0.1, 0.15) is 11.1 Å². The van der Waals surface area contributed by atoms with E-state index in [1.807, 2.05) is 19.1 Å². The quantitative estimate of drug-likeness (QED) is 0.314. The summed E-state index contributed by atoms with van der Waals surface area (Å²) in [5.74, 6) is -0.465. The molecule has 172 valence electrons. The van der Waals surface area contributed by atoms with Crippen molar-refractivity contribution in [3.63, 3.8) is 0 Å². The van der Waals surface area contributed by atoms with Crippen molar-refractivity contribution in [3.05, 3.63) is 93.6 Å². The number of aryl methyl sites for hydroxylation is 1. The highest BCUT2D eigenvalue weighted by molar-refractivity contribution is 8.27. The van der Waals surface area contributed by atoms with Gasteiger partial charge in [0.05, 0.1) is 10.6 Å². The first-order valence-electron chi connectivity index (χ1n) is 10.1. The van der Waals surface area contributed by atoms with Gasteiger partial charge in [-0.3, -0.25) is 14.5 Å². The summed E-state index contributed by atoms with van der Waals surface area (Å²) in [5.41, 5.74) is 2.81. The van der Waals surface area contributed by atoms with Gasteiger partial charge in [0.15, 0.2) is 10.9 Å². The second-order valence-corrected chi connectivity index (χ2v) is 9.45. The number of nitrogens with one attached hydrogen (secondary N) is 1. The lowest BCUT2D eigenvalue weighted by molar-refractivity contribution is -0.118. The average Bonchev–Trinajstić information content (AvgIpc) is 3.09. The van der Waals surface area contributed by atoms with Crippen LogP contribution in [0.25, 0.3) is 6.08 Å². The molecule has 0 aliphatic carbocycles. The Balaban J connectivity index is 1.38. The molecule has 1 fully saturated rings. The van der Waals surface area contributed by atoms with E-state index in [1.54, 1.807) is 36.4 Å². The van der Waals surface area contributed by atoms with Crippen LogP contribution in [0.3, 0.4) is 0 Å². The number of amides is 2. The van der Waals surface area contributed by atoms with E-state index in [-0.39, 0.29) is 24.2 Å². The molecule has 4 rings (SSSR count). The number of hydrogen-bond donors (Lipinski definition) is 1. The Bertz CT molecular complexity index is 1290. The Morgan fingerprint density at radius 2 is 1.85 bits per heavy atom. The van der Waals surface area contributed by atoms with Crippen molar-refractivity contribution in [3.8, 4) is 5.75 Å². The number of halogens is 2. The van der Waals surface area contributed by atoms with E-state index in [1.165, 1.54) is 40.9 Å². The van der Waals surface area contributed by atoms with Gasteiger partial charge in [-0.25, -0.2) is 4.39 Å². The Morgan fingerprint density at radius 3 is 2.53 bits per heavy atom. The predicted molar refractivity (Wildman–Crippen MR) is 139 cm³/mol. The van der Waals surface area contributed by atoms with Crippen molar-refractivity contribution in [2.24, 2.45) is 0 Å². The minimum Gasteiger partial charge on any atom is -0.484 e. The number of benzene rings is 3. The maximum Gasteiger partial charge on any atom is 0.270 e. The molecule has 3 aromatic rings. The summed E-state index contributed by atoms with van der Waals surface area (Å²) in [6.45, 7) is 1.69. The predicted octanol–water partition coefficient (Wildman–Crippen LogP) is 6.21. The molecule has 0 spiro atoms. The number of thioether (sulfide) groups is 1. The Labute approximate surface area is 210 Å². The highest BCUT2D eigenvalue weighted by Crippen LogP contribution is 2.37. The van der Waals surface area contributed by atoms with Gasteiger partial charge < -0.3 is 10.1 Å². The molecule has 1 saturated heterocycles. The fourth-order valence-corrected chi connectivity index (χ4v) is 4.58. The van der Waals surface area contributed by atoms with Crippen molar-refractivity contribution in [2.75, 3.05) is 16.8 Å². The Kier molecular flexibility index (Phi) is 7.31. The molecular weight excluding hydrogens is 495 g/mol. The van der Waals surface area contributed by atoms with Crippen molar-refractivity contribution in [1.29, 1.82) is 0 Å². The number of hydrogen-bond acceptors (Lipinski definition) is 5. The molecule has 1 aliphatic heterocycles. The molecule has 0 atom stereocenters. The second kappa shape index (κ2) is 10.4. The van der Waals surface area contributed by atoms with Gasteiger partial charge in [0.2, 0.25) is 0 Å². The fraction of sp³-hybridized carbons (Fsp3) is 0.0800. The summed E-state index contributed by atoms with van der Waals surface area (Å²) in [6, 6.07) is 17.8. The van der Waals surface area contributed by atoms with Crippen LogP contribution in [-0.2, 0) is 9.59 Å². The van der Waals surface area contributed by atoms with E-state index in [2.05, 4.69) is 5.32 Å². The molecule has 34 heavy (non-hydrogen) atoms. The maximum absolute atomic E-state index is 12.9. The molecule has 5 nitrogen and oxygen atoms in total. The van der Waals surface area contributed by atoms with Crippen molar-refractivity contribution < 1.29 is 18.7 Å². The number of carbonyl (C=O) groups is 2. The van der Waals surface area contributed by atoms with Gasteiger partial charge in [-0.2, -0.15) is 0 Å². The third-order valence-corrected chi connectivity index (χ3v) is 6.59. The largest absolute Gasteiger partial charge is 0.484 e. The Hall–Kier alpha value is -3.20. The van der Waals surface area contributed by atoms with Crippen molar-refractivity contribution in [1.82, 2.24) is 0 Å². The number of ether oxygens (including phenoxy) is 1. The van der Waals surface area contributed by atoms with Crippen molar-refractivity contribution in [2.45, 2.75) is 6.92 Å². The zero-order valence-corrected chi connectivity index (χ0v) is 20.3. The lowest BCUT2D eigenvalue weighted by atomic mass is 10.2. The minimum absolute atomic E-state index is 0.200. The SMILES string of the molecule is Cc1ccc(N2C(=O)/C(=C/c3ccc(OCC(=O)Nc4ccc(F)cc4)cc3)SC2=S)cc1Cl. The van der Waals surface area contributed by atoms with Crippen LogP contribution >= 0.6 is 35.6 Å². The van der Waals surface area contributed by atoms with E-state index >= 15 is 0 Å². The number of nitrogens with zero attached hydrogens (tertiary/aromatic N) is 1. The smallest absolute Gasteiger partial charge is 0.270 e. The van der Waals surface area contributed by atoms with Gasteiger partial charge in [-0.1, -0.05) is 53.8 Å². The summed E-state index contributed by atoms with van der Waals surface area (Å²) in [4.78, 5) is 26.9. The van der Waals surface area contributed by atoms with Crippen molar-refractivity contribution >= 4 is 69.2 Å². The standard InChI is InChI=1S/C25H18ClFN2O3S2/c1-15-2-9-19(13-21(15)26)29-24(31)22(34-25(29)33)12-16-3-10-20(11-4-16)32-14-23(30)28-18-7-5-17(27)6-8-18/h2-13H,14H2,1H3,(H,28,30)/b22-12-. The summed E-state index contributed by atoms with van der Waals surface area (Å²) in [6.07, 6.45) is 1.75. The maximum atomic E-state index is 12.9. The van der Waals surface area contributed by atoms with Crippen LogP contribution in [-0.4, -0.2) is 22.7 Å². The van der Waals surface area contributed by atoms with E-state index in [0.717, 1.165) is 11.1 Å². The number of thiocarbonyl (C=S) groups is 1. The first kappa shape index (κ1) is 23.9. The van der Waals surface area contributed by atoms with Crippen LogP contribution in [0.2, 0.25) is 5.02 Å². The van der Waals surface area contributed by atoms with Crippen LogP contribution in [0.15, 0.2) is 71.6 Å². The Morgan fingerprint density at radius 1 is 1.15 bits per heavy atom. The topological polar surface area (TPSA) is 58.6 Å². The third kappa shape index (κ3) is 5.64. The zero-order chi connectivity index (χ0) is 24.2. The number of carbonyl (C=O) groups excluding carboxylic acids is 2. The van der Waals surface area contributed by atoms with Gasteiger partial charge in [0.25, 0.3) is 11.8 Å². The molecule has 0 saturated carbocycles. The summed E-state index contributed by atoms with van der Waals surface area (Å²) >= 11 is 12.8. The summed E-state index contributed by atoms with van der Waals surface area (Å²) in [7, 11) is 0. The average molecular weight is 513 g/mol. The number of rotatable bonds is 6. The lowest BCUT2D eigenvalue weighted by Gasteiger charge is -2.15. The molecule has 0 radical (unpaired) electrons. The monoisotopic (exact) mass is 512 g/mol. The van der Waals surface area contributed by atoms with Crippen LogP contribution in [0.5, 0.6) is 5.75 Å². The minimum atomic E-state index is -0.379. The zero-order valence-electron chi connectivity index (χ0n) is 17.9. The molecular formula is C25H18ClFN2O3S2. The molecule has 0 unspecified atom stereocenters. The highest BCUT2D eigenvalue weighted by atomic mass is 35.5. The molecule has 1 heterocycles. The highest BCUT2D eigenvalue weighted by Gasteiger charge is 2.33. The third-order valence-electron chi connectivity index (χ3n) is 4.88. The van der Waals surface area contributed by atoms with Crippen LogP contribution in [0.4, 0.5) is 15.8 Å². The lowest BCUT2D eigenvalue weighted by Crippen LogP contribution is -2.27. The number of anilines is 2. The molecule has 3 aromatic carbocycles. The normalized spacial score (nSPS) is 14.6. The molecule has 0 bridgehead atoms. The summed E-state index contributed by atoms with van der Waals surface area (Å²) in [5, 5.41) is 3.19. The molecule has 1 N–H and O–H groups in total. The first-order chi connectivity index (χ1) is 16.3. The van der Waals surface area contributed by atoms with Gasteiger partial charge >= 0.3 is 0 Å². The second-order valence-electron chi connectivity index (χ2n) is 7.36. The molecule has 2 amide bonds. The van der Waals surface area contributed by atoms with E-state index in [4.69, 9.17) is 28.6 Å². The first-order valence-corrected chi connectivity index (χ1v) is 11.7. The van der Waals surface area contributed by atoms with Gasteiger partial charge in [0.1, 0.15) is 11.6 Å². The van der Waals surface area contributed by atoms with Crippen LogP contribution in [0, 0.1) is 12.7 Å². The van der Waals surface area contributed by atoms with Gasteiger partial charge in [-0.15, -0.1) is 0 Å². The van der Waals surface area contributed by atoms with E-state index in [9.17, 15) is 14.0 Å². The van der Waals surface area contributed by atoms with Gasteiger partial charge in [-0.05, 0) is 72.7 Å². The summed E-state index contributed by atoms with van der Waals surface area (Å²) < 4.78 is 18.9. The fourth-order valence-electron chi connectivity index (χ4n) is 3.10. The van der Waals surface area contributed by atoms with E-state index in [0.29, 0.717) is 31.4 Å². The van der Waals surface area contributed by atoms with Gasteiger partial charge in [0, 0.05) is 10.7 Å². The molecule has 0 aromatic heterocycles. The van der Waals surface area contributed by atoms with Crippen LogP contribution < -0.4 is 15.0 Å².